The van der Waals surface area contributed by atoms with E-state index in [0.29, 0.717) is 18.3 Å². The molecule has 1 unspecified atom stereocenters. The number of hydrogen-bond donors (Lipinski definition) is 3. The van der Waals surface area contributed by atoms with Gasteiger partial charge in [0.15, 0.2) is 5.82 Å². The molecule has 1 aromatic carbocycles. The van der Waals surface area contributed by atoms with Crippen LogP contribution in [-0.4, -0.2) is 35.0 Å². The average molecular weight is 309 g/mol. The Morgan fingerprint density at radius 3 is 3.04 bits per heavy atom. The van der Waals surface area contributed by atoms with E-state index in [1.165, 1.54) is 0 Å². The summed E-state index contributed by atoms with van der Waals surface area (Å²) in [6.45, 7) is 2.02. The molecule has 0 saturated carbocycles. The molecule has 6 nitrogen and oxygen atoms in total. The van der Waals surface area contributed by atoms with Crippen LogP contribution in [0.15, 0.2) is 30.5 Å². The number of carbonyl (C=O) groups excluding carboxylic acids is 1. The van der Waals surface area contributed by atoms with Gasteiger partial charge in [0, 0.05) is 36.5 Å². The molecule has 0 bridgehead atoms. The zero-order valence-electron chi connectivity index (χ0n) is 12.8. The van der Waals surface area contributed by atoms with E-state index >= 15 is 0 Å². The molecule has 1 aromatic heterocycles. The van der Waals surface area contributed by atoms with Crippen molar-refractivity contribution in [3.63, 3.8) is 0 Å². The Morgan fingerprint density at radius 1 is 1.22 bits per heavy atom. The fourth-order valence-electron chi connectivity index (χ4n) is 3.09. The van der Waals surface area contributed by atoms with Gasteiger partial charge in [-0.15, -0.1) is 0 Å². The van der Waals surface area contributed by atoms with E-state index in [2.05, 4.69) is 32.0 Å². The SMILES string of the molecule is O=C1CCc2cc(-c3nccc(NC4CCNC4)n3)ccc2N1. The minimum absolute atomic E-state index is 0.0814. The number of rotatable bonds is 3. The van der Waals surface area contributed by atoms with Gasteiger partial charge in [-0.1, -0.05) is 0 Å². The van der Waals surface area contributed by atoms with Crippen LogP contribution >= 0.6 is 0 Å². The highest BCUT2D eigenvalue weighted by atomic mass is 16.1. The maximum Gasteiger partial charge on any atom is 0.224 e. The molecule has 0 spiro atoms. The predicted molar refractivity (Wildman–Crippen MR) is 89.3 cm³/mol. The minimum Gasteiger partial charge on any atom is -0.366 e. The van der Waals surface area contributed by atoms with Crippen LogP contribution in [0.2, 0.25) is 0 Å². The molecule has 118 valence electrons. The Morgan fingerprint density at radius 2 is 2.17 bits per heavy atom. The van der Waals surface area contributed by atoms with Crippen LogP contribution in [-0.2, 0) is 11.2 Å². The van der Waals surface area contributed by atoms with Crippen LogP contribution in [0.3, 0.4) is 0 Å². The summed E-state index contributed by atoms with van der Waals surface area (Å²) in [5, 5.41) is 9.68. The number of aryl methyl sites for hydroxylation is 1. The summed E-state index contributed by atoms with van der Waals surface area (Å²) in [7, 11) is 0. The van der Waals surface area contributed by atoms with E-state index in [-0.39, 0.29) is 5.91 Å². The molecule has 1 saturated heterocycles. The van der Waals surface area contributed by atoms with Gasteiger partial charge in [-0.3, -0.25) is 4.79 Å². The fourth-order valence-corrected chi connectivity index (χ4v) is 3.09. The molecule has 6 heteroatoms. The van der Waals surface area contributed by atoms with Crippen LogP contribution in [0.5, 0.6) is 0 Å². The third-order valence-electron chi connectivity index (χ3n) is 4.33. The first-order valence-corrected chi connectivity index (χ1v) is 8.01. The Hall–Kier alpha value is -2.47. The van der Waals surface area contributed by atoms with E-state index in [1.807, 2.05) is 18.2 Å². The average Bonchev–Trinajstić information content (AvgIpc) is 3.07. The zero-order chi connectivity index (χ0) is 15.6. The summed E-state index contributed by atoms with van der Waals surface area (Å²) in [6.07, 6.45) is 4.19. The number of hydrogen-bond acceptors (Lipinski definition) is 5. The maximum absolute atomic E-state index is 11.4. The Kier molecular flexibility index (Phi) is 3.67. The number of fused-ring (bicyclic) bond motifs is 1. The fraction of sp³-hybridized carbons (Fsp3) is 0.353. The molecule has 2 aliphatic rings. The first-order valence-electron chi connectivity index (χ1n) is 8.01. The standard InChI is InChI=1S/C17H19N5O/c23-16-4-2-11-9-12(1-3-14(11)21-16)17-19-8-6-15(22-17)20-13-5-7-18-10-13/h1,3,6,8-9,13,18H,2,4-5,7,10H2,(H,21,23)(H,19,20,22). The molecule has 3 heterocycles. The summed E-state index contributed by atoms with van der Waals surface area (Å²) < 4.78 is 0. The van der Waals surface area contributed by atoms with Crippen molar-refractivity contribution in [1.29, 1.82) is 0 Å². The van der Waals surface area contributed by atoms with Gasteiger partial charge in [-0.05, 0) is 49.2 Å². The molecule has 1 fully saturated rings. The third-order valence-corrected chi connectivity index (χ3v) is 4.33. The topological polar surface area (TPSA) is 78.9 Å². The number of amides is 1. The molecule has 1 amide bonds. The van der Waals surface area contributed by atoms with E-state index in [1.54, 1.807) is 6.20 Å². The van der Waals surface area contributed by atoms with E-state index in [4.69, 9.17) is 0 Å². The zero-order valence-corrected chi connectivity index (χ0v) is 12.8. The molecule has 2 aromatic rings. The summed E-state index contributed by atoms with van der Waals surface area (Å²) in [4.78, 5) is 20.5. The van der Waals surface area contributed by atoms with Crippen LogP contribution in [0, 0.1) is 0 Å². The van der Waals surface area contributed by atoms with Gasteiger partial charge in [0.2, 0.25) is 5.91 Å². The van der Waals surface area contributed by atoms with E-state index in [0.717, 1.165) is 48.6 Å². The first-order chi connectivity index (χ1) is 11.3. The highest BCUT2D eigenvalue weighted by molar-refractivity contribution is 5.94. The quantitative estimate of drug-likeness (QED) is 0.806. The summed E-state index contributed by atoms with van der Waals surface area (Å²) in [6, 6.07) is 8.30. The van der Waals surface area contributed by atoms with Crippen molar-refractivity contribution in [1.82, 2.24) is 15.3 Å². The maximum atomic E-state index is 11.4. The summed E-state index contributed by atoms with van der Waals surface area (Å²) in [5.74, 6) is 1.65. The van der Waals surface area contributed by atoms with Crippen molar-refractivity contribution in [3.05, 3.63) is 36.0 Å². The highest BCUT2D eigenvalue weighted by Gasteiger charge is 2.17. The molecule has 1 atom stereocenters. The van der Waals surface area contributed by atoms with Crippen molar-refractivity contribution in [2.24, 2.45) is 0 Å². The van der Waals surface area contributed by atoms with Crippen molar-refractivity contribution in [3.8, 4) is 11.4 Å². The van der Waals surface area contributed by atoms with Gasteiger partial charge < -0.3 is 16.0 Å². The molecule has 2 aliphatic heterocycles. The smallest absolute Gasteiger partial charge is 0.224 e. The molecule has 4 rings (SSSR count). The molecular formula is C17H19N5O. The molecule has 3 N–H and O–H groups in total. The van der Waals surface area contributed by atoms with Gasteiger partial charge in [0.25, 0.3) is 0 Å². The molecule has 0 aliphatic carbocycles. The van der Waals surface area contributed by atoms with Crippen molar-refractivity contribution in [2.45, 2.75) is 25.3 Å². The second-order valence-electron chi connectivity index (χ2n) is 6.02. The largest absolute Gasteiger partial charge is 0.366 e. The molecule has 23 heavy (non-hydrogen) atoms. The Balaban J connectivity index is 1.59. The lowest BCUT2D eigenvalue weighted by atomic mass is 10.00. The Labute approximate surface area is 134 Å². The van der Waals surface area contributed by atoms with Crippen LogP contribution in [0.1, 0.15) is 18.4 Å². The lowest BCUT2D eigenvalue weighted by Gasteiger charge is -2.17. The van der Waals surface area contributed by atoms with Crippen molar-refractivity contribution >= 4 is 17.4 Å². The second kappa shape index (κ2) is 5.96. The third kappa shape index (κ3) is 3.03. The number of benzene rings is 1. The van der Waals surface area contributed by atoms with Gasteiger partial charge in [-0.25, -0.2) is 9.97 Å². The van der Waals surface area contributed by atoms with Gasteiger partial charge in [-0.2, -0.15) is 0 Å². The first kappa shape index (κ1) is 14.1. The lowest BCUT2D eigenvalue weighted by molar-refractivity contribution is -0.116. The van der Waals surface area contributed by atoms with E-state index < -0.39 is 0 Å². The predicted octanol–water partition coefficient (Wildman–Crippen LogP) is 1.80. The molecular weight excluding hydrogens is 290 g/mol. The minimum atomic E-state index is 0.0814. The van der Waals surface area contributed by atoms with Crippen molar-refractivity contribution in [2.75, 3.05) is 23.7 Å². The number of nitrogens with one attached hydrogen (secondary N) is 3. The number of anilines is 2. The number of nitrogens with zero attached hydrogens (tertiary/aromatic N) is 2. The van der Waals surface area contributed by atoms with Crippen molar-refractivity contribution < 1.29 is 4.79 Å². The summed E-state index contributed by atoms with van der Waals surface area (Å²) in [5.41, 5.74) is 3.02. The highest BCUT2D eigenvalue weighted by Crippen LogP contribution is 2.27. The van der Waals surface area contributed by atoms with Crippen LogP contribution in [0.4, 0.5) is 11.5 Å². The second-order valence-corrected chi connectivity index (χ2v) is 6.02. The van der Waals surface area contributed by atoms with Gasteiger partial charge >= 0.3 is 0 Å². The molecule has 0 radical (unpaired) electrons. The lowest BCUT2D eigenvalue weighted by Crippen LogP contribution is -2.22. The van der Waals surface area contributed by atoms with Crippen LogP contribution in [0.25, 0.3) is 11.4 Å². The Bertz CT molecular complexity index is 740. The normalized spacial score (nSPS) is 20.0. The van der Waals surface area contributed by atoms with Gasteiger partial charge in [0.05, 0.1) is 0 Å². The number of carbonyl (C=O) groups is 1. The van der Waals surface area contributed by atoms with E-state index in [9.17, 15) is 4.79 Å². The summed E-state index contributed by atoms with van der Waals surface area (Å²) >= 11 is 0. The van der Waals surface area contributed by atoms with Crippen LogP contribution < -0.4 is 16.0 Å². The number of aromatic nitrogens is 2. The van der Waals surface area contributed by atoms with Gasteiger partial charge in [0.1, 0.15) is 5.82 Å². The monoisotopic (exact) mass is 309 g/mol.